The van der Waals surface area contributed by atoms with E-state index in [1.165, 1.54) is 0 Å². The molecule has 1 rings (SSSR count). The number of aliphatic carboxylic acids is 1. The molecule has 1 atom stereocenters. The molecule has 1 amide bonds. The van der Waals surface area contributed by atoms with Gasteiger partial charge in [-0.15, -0.1) is 0 Å². The molecule has 21 heavy (non-hydrogen) atoms. The summed E-state index contributed by atoms with van der Waals surface area (Å²) in [6.45, 7) is 5.80. The minimum absolute atomic E-state index is 0.0827. The van der Waals surface area contributed by atoms with Gasteiger partial charge in [0, 0.05) is 12.1 Å². The molecule has 1 aromatic carbocycles. The quantitative estimate of drug-likeness (QED) is 0.779. The molecule has 0 saturated carbocycles. The van der Waals surface area contributed by atoms with Gasteiger partial charge in [-0.25, -0.2) is 4.39 Å². The highest BCUT2D eigenvalue weighted by Crippen LogP contribution is 2.23. The molecule has 0 saturated heterocycles. The number of rotatable bonds is 5. The van der Waals surface area contributed by atoms with Crippen LogP contribution in [0.3, 0.4) is 0 Å². The molecule has 1 aromatic rings. The lowest BCUT2D eigenvalue weighted by molar-refractivity contribution is -0.137. The Bertz CT molecular complexity index is 537. The molecular formula is C15H20FNO4. The summed E-state index contributed by atoms with van der Waals surface area (Å²) < 4.78 is 12.9. The van der Waals surface area contributed by atoms with E-state index in [0.717, 1.165) is 18.2 Å². The Hall–Kier alpha value is -2.11. The van der Waals surface area contributed by atoms with Crippen molar-refractivity contribution in [2.24, 2.45) is 5.41 Å². The fourth-order valence-corrected chi connectivity index (χ4v) is 2.08. The van der Waals surface area contributed by atoms with Crippen molar-refractivity contribution >= 4 is 11.9 Å². The zero-order chi connectivity index (χ0) is 16.2. The van der Waals surface area contributed by atoms with Gasteiger partial charge in [-0.2, -0.15) is 0 Å². The molecule has 1 unspecified atom stereocenters. The first-order valence-electron chi connectivity index (χ1n) is 6.59. The first-order valence-corrected chi connectivity index (χ1v) is 6.59. The number of halogens is 1. The molecule has 0 aliphatic carbocycles. The molecule has 116 valence electrons. The van der Waals surface area contributed by atoms with Crippen molar-refractivity contribution in [1.82, 2.24) is 5.32 Å². The number of carbonyl (C=O) groups is 2. The first kappa shape index (κ1) is 16.9. The average Bonchev–Trinajstić information content (AvgIpc) is 2.24. The molecule has 0 heterocycles. The van der Waals surface area contributed by atoms with Crippen LogP contribution < -0.4 is 5.32 Å². The predicted octanol–water partition coefficient (Wildman–Crippen LogP) is 2.54. The number of phenols is 1. The van der Waals surface area contributed by atoms with E-state index < -0.39 is 29.5 Å². The minimum atomic E-state index is -1.02. The van der Waals surface area contributed by atoms with Crippen molar-refractivity contribution in [3.63, 3.8) is 0 Å². The number of amides is 1. The van der Waals surface area contributed by atoms with Gasteiger partial charge in [0.2, 0.25) is 0 Å². The third kappa shape index (κ3) is 5.81. The number of nitrogens with one attached hydrogen (secondary N) is 1. The van der Waals surface area contributed by atoms with Gasteiger partial charge in [0.25, 0.3) is 5.91 Å². The summed E-state index contributed by atoms with van der Waals surface area (Å²) >= 11 is 0. The number of phenolic OH excluding ortho intramolecular Hbond substituents is 1. The number of carboxylic acids is 1. The molecule has 0 radical (unpaired) electrons. The molecule has 0 aromatic heterocycles. The van der Waals surface area contributed by atoms with Crippen molar-refractivity contribution in [3.8, 4) is 5.75 Å². The standard InChI is InChI=1S/C15H20FNO4/c1-15(2,3)8-10(7-13(19)20)17-14(21)11-5-4-9(16)6-12(11)18/h4-6,10,18H,7-8H2,1-3H3,(H,17,21)(H,19,20). The van der Waals surface area contributed by atoms with Crippen molar-refractivity contribution in [3.05, 3.63) is 29.6 Å². The van der Waals surface area contributed by atoms with E-state index in [1.807, 2.05) is 20.8 Å². The van der Waals surface area contributed by atoms with Gasteiger partial charge in [0.1, 0.15) is 11.6 Å². The van der Waals surface area contributed by atoms with E-state index in [-0.39, 0.29) is 17.4 Å². The third-order valence-corrected chi connectivity index (χ3v) is 2.82. The molecular weight excluding hydrogens is 277 g/mol. The number of carbonyl (C=O) groups excluding carboxylic acids is 1. The molecule has 6 heteroatoms. The largest absolute Gasteiger partial charge is 0.507 e. The second-order valence-corrected chi connectivity index (χ2v) is 6.19. The lowest BCUT2D eigenvalue weighted by Crippen LogP contribution is -2.39. The molecule has 0 aliphatic heterocycles. The van der Waals surface area contributed by atoms with Crippen LogP contribution in [0.2, 0.25) is 0 Å². The maximum Gasteiger partial charge on any atom is 0.305 e. The number of aromatic hydroxyl groups is 1. The van der Waals surface area contributed by atoms with E-state index in [0.29, 0.717) is 6.42 Å². The predicted molar refractivity (Wildman–Crippen MR) is 75.6 cm³/mol. The normalized spacial score (nSPS) is 12.8. The summed E-state index contributed by atoms with van der Waals surface area (Å²) in [5.74, 6) is -2.77. The van der Waals surface area contributed by atoms with E-state index in [4.69, 9.17) is 5.11 Å². The van der Waals surface area contributed by atoms with Crippen LogP contribution in [-0.2, 0) is 4.79 Å². The summed E-state index contributed by atoms with van der Waals surface area (Å²) in [4.78, 5) is 22.9. The number of benzene rings is 1. The molecule has 0 fully saturated rings. The minimum Gasteiger partial charge on any atom is -0.507 e. The lowest BCUT2D eigenvalue weighted by atomic mass is 9.87. The highest BCUT2D eigenvalue weighted by Gasteiger charge is 2.24. The highest BCUT2D eigenvalue weighted by molar-refractivity contribution is 5.97. The Morgan fingerprint density at radius 1 is 1.33 bits per heavy atom. The van der Waals surface area contributed by atoms with Crippen molar-refractivity contribution < 1.29 is 24.2 Å². The van der Waals surface area contributed by atoms with Crippen molar-refractivity contribution in [1.29, 1.82) is 0 Å². The van der Waals surface area contributed by atoms with Gasteiger partial charge < -0.3 is 15.5 Å². The van der Waals surface area contributed by atoms with Gasteiger partial charge in [-0.1, -0.05) is 20.8 Å². The van der Waals surface area contributed by atoms with Gasteiger partial charge in [-0.05, 0) is 24.0 Å². The Labute approximate surface area is 122 Å². The highest BCUT2D eigenvalue weighted by atomic mass is 19.1. The Morgan fingerprint density at radius 2 is 1.95 bits per heavy atom. The molecule has 5 nitrogen and oxygen atoms in total. The second kappa shape index (κ2) is 6.56. The van der Waals surface area contributed by atoms with Crippen LogP contribution >= 0.6 is 0 Å². The van der Waals surface area contributed by atoms with E-state index in [9.17, 15) is 19.1 Å². The fraction of sp³-hybridized carbons (Fsp3) is 0.467. The van der Waals surface area contributed by atoms with Crippen LogP contribution in [0.15, 0.2) is 18.2 Å². The zero-order valence-corrected chi connectivity index (χ0v) is 12.3. The number of hydrogen-bond acceptors (Lipinski definition) is 3. The summed E-state index contributed by atoms with van der Waals surface area (Å²) in [6.07, 6.45) is 0.248. The number of hydrogen-bond donors (Lipinski definition) is 3. The SMILES string of the molecule is CC(C)(C)CC(CC(=O)O)NC(=O)c1ccc(F)cc1O. The monoisotopic (exact) mass is 297 g/mol. The van der Waals surface area contributed by atoms with Gasteiger partial charge >= 0.3 is 5.97 Å². The maximum atomic E-state index is 12.9. The van der Waals surface area contributed by atoms with Crippen molar-refractivity contribution in [2.75, 3.05) is 0 Å². The summed E-state index contributed by atoms with van der Waals surface area (Å²) in [6, 6.07) is 2.49. The van der Waals surface area contributed by atoms with Gasteiger partial charge in [0.15, 0.2) is 0 Å². The van der Waals surface area contributed by atoms with Crippen molar-refractivity contribution in [2.45, 2.75) is 39.7 Å². The van der Waals surface area contributed by atoms with Gasteiger partial charge in [-0.3, -0.25) is 9.59 Å². The maximum absolute atomic E-state index is 12.9. The van der Waals surface area contributed by atoms with Gasteiger partial charge in [0.05, 0.1) is 12.0 Å². The molecule has 3 N–H and O–H groups in total. The van der Waals surface area contributed by atoms with Crippen LogP contribution in [0.25, 0.3) is 0 Å². The summed E-state index contributed by atoms with van der Waals surface area (Å²) in [5.41, 5.74) is -0.251. The Morgan fingerprint density at radius 3 is 2.43 bits per heavy atom. The van der Waals surface area contributed by atoms with Crippen LogP contribution in [0, 0.1) is 11.2 Å². The van der Waals surface area contributed by atoms with E-state index >= 15 is 0 Å². The van der Waals surface area contributed by atoms with E-state index in [1.54, 1.807) is 0 Å². The zero-order valence-electron chi connectivity index (χ0n) is 12.3. The number of carboxylic acid groups (broad SMARTS) is 1. The smallest absolute Gasteiger partial charge is 0.305 e. The van der Waals surface area contributed by atoms with Crippen LogP contribution in [0.4, 0.5) is 4.39 Å². The van der Waals surface area contributed by atoms with E-state index in [2.05, 4.69) is 5.32 Å². The molecule has 0 bridgehead atoms. The summed E-state index contributed by atoms with van der Waals surface area (Å²) in [7, 11) is 0. The Kier molecular flexibility index (Phi) is 5.29. The average molecular weight is 297 g/mol. The lowest BCUT2D eigenvalue weighted by Gasteiger charge is -2.26. The molecule has 0 aliphatic rings. The fourth-order valence-electron chi connectivity index (χ4n) is 2.08. The summed E-state index contributed by atoms with van der Waals surface area (Å²) in [5, 5.41) is 21.1. The Balaban J connectivity index is 2.86. The van der Waals surface area contributed by atoms with Crippen LogP contribution in [0.5, 0.6) is 5.75 Å². The van der Waals surface area contributed by atoms with Crippen LogP contribution in [-0.4, -0.2) is 28.1 Å². The van der Waals surface area contributed by atoms with Crippen LogP contribution in [0.1, 0.15) is 44.0 Å². The second-order valence-electron chi connectivity index (χ2n) is 6.19. The first-order chi connectivity index (χ1) is 9.58. The third-order valence-electron chi connectivity index (χ3n) is 2.82. The topological polar surface area (TPSA) is 86.6 Å². The molecule has 0 spiro atoms.